The molecule has 1 N–H and O–H groups in total. The predicted molar refractivity (Wildman–Crippen MR) is 186 cm³/mol. The summed E-state index contributed by atoms with van der Waals surface area (Å²) in [6.45, 7) is 0. The van der Waals surface area contributed by atoms with E-state index in [0.717, 1.165) is 50.4 Å². The Morgan fingerprint density at radius 1 is 0.467 bits per heavy atom. The van der Waals surface area contributed by atoms with Crippen molar-refractivity contribution in [2.45, 2.75) is 6.23 Å². The standard InChI is InChI=1S/C42H28N2O/c1-2-9-29(10-3-1)42-44-41-38(28-18-16-27(17-19-28)31-11-8-22-43-26-31)24-32(25-40(41)45-42)30-20-21-37-35-14-5-4-12-33(35)34-13-6-7-15-36(34)39(37)23-30/h1-26,42,44H. The first-order valence-corrected chi connectivity index (χ1v) is 15.3. The maximum absolute atomic E-state index is 6.61. The minimum atomic E-state index is -0.253. The Morgan fingerprint density at radius 2 is 1.09 bits per heavy atom. The van der Waals surface area contributed by atoms with Crippen molar-refractivity contribution in [2.75, 3.05) is 5.32 Å². The van der Waals surface area contributed by atoms with Gasteiger partial charge in [-0.1, -0.05) is 121 Å². The maximum atomic E-state index is 6.61. The average Bonchev–Trinajstić information content (AvgIpc) is 3.57. The van der Waals surface area contributed by atoms with E-state index in [4.69, 9.17) is 4.74 Å². The molecule has 0 radical (unpaired) electrons. The lowest BCUT2D eigenvalue weighted by atomic mass is 9.91. The van der Waals surface area contributed by atoms with Crippen molar-refractivity contribution >= 4 is 38.0 Å². The van der Waals surface area contributed by atoms with Crippen LogP contribution in [0.3, 0.4) is 0 Å². The molecule has 9 rings (SSSR count). The molecule has 0 fully saturated rings. The zero-order valence-electron chi connectivity index (χ0n) is 24.4. The van der Waals surface area contributed by atoms with Crippen LogP contribution in [0.1, 0.15) is 11.8 Å². The normalized spacial score (nSPS) is 13.9. The van der Waals surface area contributed by atoms with E-state index in [1.807, 2.05) is 18.3 Å². The van der Waals surface area contributed by atoms with E-state index >= 15 is 0 Å². The number of nitrogens with one attached hydrogen (secondary N) is 1. The maximum Gasteiger partial charge on any atom is 0.196 e. The smallest absolute Gasteiger partial charge is 0.196 e. The molecule has 8 aromatic rings. The van der Waals surface area contributed by atoms with Gasteiger partial charge in [0.15, 0.2) is 6.23 Å². The van der Waals surface area contributed by atoms with Gasteiger partial charge < -0.3 is 10.1 Å². The molecule has 212 valence electrons. The minimum absolute atomic E-state index is 0.253. The summed E-state index contributed by atoms with van der Waals surface area (Å²) in [5.74, 6) is 0.858. The Labute approximate surface area is 261 Å². The van der Waals surface area contributed by atoms with Gasteiger partial charge in [0.05, 0.1) is 5.69 Å². The third-order valence-corrected chi connectivity index (χ3v) is 8.99. The fourth-order valence-corrected chi connectivity index (χ4v) is 6.78. The second kappa shape index (κ2) is 10.4. The molecule has 0 amide bonds. The van der Waals surface area contributed by atoms with Crippen LogP contribution in [0.4, 0.5) is 5.69 Å². The minimum Gasteiger partial charge on any atom is -0.464 e. The number of hydrogen-bond donors (Lipinski definition) is 1. The number of aromatic nitrogens is 1. The number of anilines is 1. The third kappa shape index (κ3) is 4.32. The van der Waals surface area contributed by atoms with Crippen LogP contribution in [0.25, 0.3) is 65.7 Å². The van der Waals surface area contributed by atoms with Crippen LogP contribution in [-0.4, -0.2) is 4.98 Å². The van der Waals surface area contributed by atoms with E-state index in [9.17, 15) is 0 Å². The van der Waals surface area contributed by atoms with Gasteiger partial charge in [0.2, 0.25) is 0 Å². The van der Waals surface area contributed by atoms with Gasteiger partial charge in [-0.25, -0.2) is 0 Å². The first kappa shape index (κ1) is 25.6. The van der Waals surface area contributed by atoms with Crippen molar-refractivity contribution < 1.29 is 4.74 Å². The monoisotopic (exact) mass is 576 g/mol. The molecule has 1 aliphatic rings. The molecular formula is C42H28N2O. The Hall–Kier alpha value is -5.93. The molecule has 1 unspecified atom stereocenters. The molecule has 2 heterocycles. The molecule has 0 bridgehead atoms. The van der Waals surface area contributed by atoms with Crippen LogP contribution in [0.15, 0.2) is 158 Å². The topological polar surface area (TPSA) is 34.2 Å². The molecule has 3 heteroatoms. The molecule has 0 saturated carbocycles. The van der Waals surface area contributed by atoms with Crippen LogP contribution in [-0.2, 0) is 0 Å². The number of rotatable bonds is 4. The lowest BCUT2D eigenvalue weighted by molar-refractivity contribution is 0.260. The van der Waals surface area contributed by atoms with Crippen molar-refractivity contribution in [3.63, 3.8) is 0 Å². The molecule has 3 nitrogen and oxygen atoms in total. The van der Waals surface area contributed by atoms with Gasteiger partial charge in [0, 0.05) is 23.5 Å². The zero-order chi connectivity index (χ0) is 29.7. The van der Waals surface area contributed by atoms with Crippen LogP contribution in [0.2, 0.25) is 0 Å². The largest absolute Gasteiger partial charge is 0.464 e. The Kier molecular flexibility index (Phi) is 5.88. The molecule has 1 atom stereocenters. The molecule has 1 aliphatic heterocycles. The van der Waals surface area contributed by atoms with E-state index in [2.05, 4.69) is 144 Å². The lowest BCUT2D eigenvalue weighted by Gasteiger charge is -2.14. The van der Waals surface area contributed by atoms with Crippen molar-refractivity contribution in [3.8, 4) is 39.1 Å². The molecule has 7 aromatic carbocycles. The summed E-state index contributed by atoms with van der Waals surface area (Å²) < 4.78 is 6.61. The SMILES string of the molecule is c1ccc(C2Nc3c(cc(-c4ccc5c6ccccc6c6ccccc6c5c4)cc3-c3ccc(-c4cccnc4)cc3)O2)cc1. The van der Waals surface area contributed by atoms with Crippen molar-refractivity contribution in [3.05, 3.63) is 164 Å². The Morgan fingerprint density at radius 3 is 1.78 bits per heavy atom. The lowest BCUT2D eigenvalue weighted by Crippen LogP contribution is -2.09. The highest BCUT2D eigenvalue weighted by atomic mass is 16.5. The molecular weight excluding hydrogens is 548 g/mol. The van der Waals surface area contributed by atoms with Gasteiger partial charge in [-0.3, -0.25) is 4.98 Å². The molecule has 0 spiro atoms. The highest BCUT2D eigenvalue weighted by Gasteiger charge is 2.27. The van der Waals surface area contributed by atoms with E-state index < -0.39 is 0 Å². The van der Waals surface area contributed by atoms with E-state index in [1.54, 1.807) is 6.20 Å². The Balaban J connectivity index is 1.22. The van der Waals surface area contributed by atoms with Gasteiger partial charge in [0.25, 0.3) is 0 Å². The second-order valence-electron chi connectivity index (χ2n) is 11.6. The van der Waals surface area contributed by atoms with Crippen molar-refractivity contribution in [1.29, 1.82) is 0 Å². The summed E-state index contributed by atoms with van der Waals surface area (Å²) in [4.78, 5) is 4.30. The first-order chi connectivity index (χ1) is 22.3. The summed E-state index contributed by atoms with van der Waals surface area (Å²) in [6, 6.07) is 51.9. The van der Waals surface area contributed by atoms with Crippen LogP contribution >= 0.6 is 0 Å². The van der Waals surface area contributed by atoms with E-state index in [-0.39, 0.29) is 6.23 Å². The second-order valence-corrected chi connectivity index (χ2v) is 11.6. The number of fused-ring (bicyclic) bond motifs is 7. The molecule has 0 aliphatic carbocycles. The highest BCUT2D eigenvalue weighted by Crippen LogP contribution is 2.48. The van der Waals surface area contributed by atoms with Crippen LogP contribution < -0.4 is 10.1 Å². The summed E-state index contributed by atoms with van der Waals surface area (Å²) in [5, 5.41) is 11.3. The molecule has 45 heavy (non-hydrogen) atoms. The number of hydrogen-bond acceptors (Lipinski definition) is 3. The predicted octanol–water partition coefficient (Wildman–Crippen LogP) is 11.0. The van der Waals surface area contributed by atoms with Crippen molar-refractivity contribution in [1.82, 2.24) is 4.98 Å². The van der Waals surface area contributed by atoms with E-state index in [0.29, 0.717) is 0 Å². The van der Waals surface area contributed by atoms with Gasteiger partial charge in [0.1, 0.15) is 5.75 Å². The van der Waals surface area contributed by atoms with Gasteiger partial charge in [-0.15, -0.1) is 0 Å². The van der Waals surface area contributed by atoms with E-state index in [1.165, 1.54) is 32.3 Å². The summed E-state index contributed by atoms with van der Waals surface area (Å²) in [7, 11) is 0. The summed E-state index contributed by atoms with van der Waals surface area (Å²) in [6.07, 6.45) is 3.45. The number of nitrogens with zero attached hydrogens (tertiary/aromatic N) is 1. The fourth-order valence-electron chi connectivity index (χ4n) is 6.78. The number of pyridine rings is 1. The van der Waals surface area contributed by atoms with Gasteiger partial charge >= 0.3 is 0 Å². The zero-order valence-corrected chi connectivity index (χ0v) is 24.4. The molecule has 0 saturated heterocycles. The van der Waals surface area contributed by atoms with Gasteiger partial charge in [-0.05, 0) is 84.4 Å². The average molecular weight is 577 g/mol. The number of benzene rings is 7. The Bertz CT molecular complexity index is 2330. The van der Waals surface area contributed by atoms with Gasteiger partial charge in [-0.2, -0.15) is 0 Å². The fraction of sp³-hybridized carbons (Fsp3) is 0.0238. The summed E-state index contributed by atoms with van der Waals surface area (Å²) in [5.41, 5.74) is 8.87. The quantitative estimate of drug-likeness (QED) is 0.212. The summed E-state index contributed by atoms with van der Waals surface area (Å²) >= 11 is 0. The first-order valence-electron chi connectivity index (χ1n) is 15.3. The van der Waals surface area contributed by atoms with Crippen LogP contribution in [0, 0.1) is 0 Å². The van der Waals surface area contributed by atoms with Crippen molar-refractivity contribution in [2.24, 2.45) is 0 Å². The highest BCUT2D eigenvalue weighted by molar-refractivity contribution is 6.25. The number of ether oxygens (including phenoxy) is 1. The van der Waals surface area contributed by atoms with Crippen LogP contribution in [0.5, 0.6) is 5.75 Å². The third-order valence-electron chi connectivity index (χ3n) is 8.99. The molecule has 1 aromatic heterocycles.